The molecule has 1 aromatic heterocycles. The first-order chi connectivity index (χ1) is 8.61. The van der Waals surface area contributed by atoms with Crippen LogP contribution in [-0.2, 0) is 6.54 Å². The van der Waals surface area contributed by atoms with E-state index in [9.17, 15) is 13.2 Å². The Kier molecular flexibility index (Phi) is 3.61. The van der Waals surface area contributed by atoms with E-state index in [1.807, 2.05) is 6.92 Å². The van der Waals surface area contributed by atoms with Crippen LogP contribution in [0.1, 0.15) is 12.6 Å². The second-order valence-electron chi connectivity index (χ2n) is 3.65. The van der Waals surface area contributed by atoms with E-state index >= 15 is 0 Å². The van der Waals surface area contributed by atoms with Gasteiger partial charge in [0.1, 0.15) is 5.69 Å². The van der Waals surface area contributed by atoms with Crippen LogP contribution >= 0.6 is 0 Å². The van der Waals surface area contributed by atoms with Gasteiger partial charge in [0.15, 0.2) is 17.5 Å². The maximum absolute atomic E-state index is 13.5. The number of hydrogen-bond acceptors (Lipinski definition) is 3. The maximum Gasteiger partial charge on any atom is 0.161 e. The van der Waals surface area contributed by atoms with Crippen LogP contribution in [0.25, 0.3) is 5.69 Å². The van der Waals surface area contributed by atoms with E-state index in [0.717, 1.165) is 17.3 Å². The molecule has 0 atom stereocenters. The first kappa shape index (κ1) is 12.6. The maximum atomic E-state index is 13.5. The smallest absolute Gasteiger partial charge is 0.161 e. The second-order valence-corrected chi connectivity index (χ2v) is 3.65. The van der Waals surface area contributed by atoms with Gasteiger partial charge in [0, 0.05) is 18.7 Å². The molecule has 0 aliphatic rings. The van der Waals surface area contributed by atoms with E-state index in [2.05, 4.69) is 15.6 Å². The zero-order valence-electron chi connectivity index (χ0n) is 9.62. The second kappa shape index (κ2) is 5.18. The number of benzene rings is 1. The summed E-state index contributed by atoms with van der Waals surface area (Å²) in [4.78, 5) is 0. The third-order valence-corrected chi connectivity index (χ3v) is 2.33. The summed E-state index contributed by atoms with van der Waals surface area (Å²) >= 11 is 0. The van der Waals surface area contributed by atoms with Crippen LogP contribution in [-0.4, -0.2) is 21.5 Å². The monoisotopic (exact) mass is 256 g/mol. The van der Waals surface area contributed by atoms with Crippen LogP contribution in [0.5, 0.6) is 0 Å². The highest BCUT2D eigenvalue weighted by Crippen LogP contribution is 2.17. The van der Waals surface area contributed by atoms with E-state index < -0.39 is 17.5 Å². The van der Waals surface area contributed by atoms with Crippen LogP contribution in [0.4, 0.5) is 13.2 Å². The lowest BCUT2D eigenvalue weighted by Crippen LogP contribution is -2.11. The Bertz CT molecular complexity index is 553. The predicted octanol–water partition coefficient (Wildman–Crippen LogP) is 1.79. The largest absolute Gasteiger partial charge is 0.311 e. The molecule has 2 rings (SSSR count). The van der Waals surface area contributed by atoms with Crippen LogP contribution in [0, 0.1) is 17.5 Å². The molecule has 0 spiro atoms. The minimum atomic E-state index is -1.23. The Labute approximate surface area is 101 Å². The van der Waals surface area contributed by atoms with Crippen LogP contribution in [0.15, 0.2) is 18.3 Å². The van der Waals surface area contributed by atoms with E-state index in [-0.39, 0.29) is 5.69 Å². The van der Waals surface area contributed by atoms with Gasteiger partial charge in [-0.3, -0.25) is 0 Å². The molecule has 4 nitrogen and oxygen atoms in total. The molecule has 0 bridgehead atoms. The summed E-state index contributed by atoms with van der Waals surface area (Å²) in [7, 11) is 0. The minimum absolute atomic E-state index is 0.177. The summed E-state index contributed by atoms with van der Waals surface area (Å²) < 4.78 is 40.4. The Morgan fingerprint density at radius 2 is 1.89 bits per heavy atom. The van der Waals surface area contributed by atoms with Gasteiger partial charge in [0.05, 0.1) is 11.9 Å². The molecule has 18 heavy (non-hydrogen) atoms. The van der Waals surface area contributed by atoms with Crippen LogP contribution in [0.3, 0.4) is 0 Å². The summed E-state index contributed by atoms with van der Waals surface area (Å²) in [5.41, 5.74) is 0.408. The molecule has 1 N–H and O–H groups in total. The van der Waals surface area contributed by atoms with Gasteiger partial charge in [-0.25, -0.2) is 17.9 Å². The average molecular weight is 256 g/mol. The van der Waals surface area contributed by atoms with E-state index in [0.29, 0.717) is 18.3 Å². The highest BCUT2D eigenvalue weighted by Gasteiger charge is 2.12. The quantitative estimate of drug-likeness (QED) is 0.848. The SMILES string of the molecule is CCNCc1cn(-c2cc(F)c(F)cc2F)nn1. The molecule has 0 saturated heterocycles. The van der Waals surface area contributed by atoms with E-state index in [4.69, 9.17) is 0 Å². The third kappa shape index (κ3) is 2.51. The van der Waals surface area contributed by atoms with Gasteiger partial charge in [0.2, 0.25) is 0 Å². The molecule has 0 unspecified atom stereocenters. The lowest BCUT2D eigenvalue weighted by molar-refractivity contribution is 0.491. The zero-order chi connectivity index (χ0) is 13.1. The number of rotatable bonds is 4. The van der Waals surface area contributed by atoms with Crippen LogP contribution < -0.4 is 5.32 Å². The average Bonchev–Trinajstić information content (AvgIpc) is 2.79. The normalized spacial score (nSPS) is 10.9. The summed E-state index contributed by atoms with van der Waals surface area (Å²) in [6.07, 6.45) is 1.46. The summed E-state index contributed by atoms with van der Waals surface area (Å²) in [5.74, 6) is -3.26. The van der Waals surface area contributed by atoms with Crippen molar-refractivity contribution in [1.29, 1.82) is 0 Å². The number of hydrogen-bond donors (Lipinski definition) is 1. The third-order valence-electron chi connectivity index (χ3n) is 2.33. The van der Waals surface area contributed by atoms with Gasteiger partial charge < -0.3 is 5.32 Å². The highest BCUT2D eigenvalue weighted by atomic mass is 19.2. The Hall–Kier alpha value is -1.89. The first-order valence-electron chi connectivity index (χ1n) is 5.38. The summed E-state index contributed by atoms with van der Waals surface area (Å²) in [6, 6.07) is 1.23. The minimum Gasteiger partial charge on any atom is -0.311 e. The highest BCUT2D eigenvalue weighted by molar-refractivity contribution is 5.33. The fourth-order valence-corrected chi connectivity index (χ4v) is 1.44. The molecule has 96 valence electrons. The van der Waals surface area contributed by atoms with Crippen molar-refractivity contribution < 1.29 is 13.2 Å². The van der Waals surface area contributed by atoms with Crippen molar-refractivity contribution in [2.45, 2.75) is 13.5 Å². The molecule has 0 fully saturated rings. The van der Waals surface area contributed by atoms with Gasteiger partial charge >= 0.3 is 0 Å². The van der Waals surface area contributed by atoms with Crippen molar-refractivity contribution in [3.05, 3.63) is 41.5 Å². The van der Waals surface area contributed by atoms with E-state index in [1.54, 1.807) is 0 Å². The van der Waals surface area contributed by atoms with Crippen molar-refractivity contribution in [1.82, 2.24) is 20.3 Å². The van der Waals surface area contributed by atoms with E-state index in [1.165, 1.54) is 6.20 Å². The van der Waals surface area contributed by atoms with Gasteiger partial charge in [-0.2, -0.15) is 0 Å². The number of nitrogens with one attached hydrogen (secondary N) is 1. The Morgan fingerprint density at radius 3 is 2.61 bits per heavy atom. The van der Waals surface area contributed by atoms with Gasteiger partial charge in [-0.1, -0.05) is 12.1 Å². The van der Waals surface area contributed by atoms with Crippen LogP contribution in [0.2, 0.25) is 0 Å². The van der Waals surface area contributed by atoms with Crippen molar-refractivity contribution in [3.63, 3.8) is 0 Å². The summed E-state index contributed by atoms with van der Waals surface area (Å²) in [6.45, 7) is 3.16. The number of halogens is 3. The molecule has 0 aliphatic heterocycles. The molecule has 7 heteroatoms. The molecule has 0 radical (unpaired) electrons. The predicted molar refractivity (Wildman–Crippen MR) is 58.6 cm³/mol. The standard InChI is InChI=1S/C11H11F3N4/c1-2-15-5-7-6-18(17-16-7)11-4-9(13)8(12)3-10(11)14/h3-4,6,15H,2,5H2,1H3. The van der Waals surface area contributed by atoms with Gasteiger partial charge in [0.25, 0.3) is 0 Å². The Balaban J connectivity index is 2.31. The number of nitrogens with zero attached hydrogens (tertiary/aromatic N) is 3. The van der Waals surface area contributed by atoms with Crippen molar-refractivity contribution in [2.24, 2.45) is 0 Å². The molecular formula is C11H11F3N4. The summed E-state index contributed by atoms with van der Waals surface area (Å²) in [5, 5.41) is 10.5. The molecule has 0 amide bonds. The van der Waals surface area contributed by atoms with Crippen molar-refractivity contribution in [3.8, 4) is 5.69 Å². The fourth-order valence-electron chi connectivity index (χ4n) is 1.44. The lowest BCUT2D eigenvalue weighted by atomic mass is 10.3. The first-order valence-corrected chi connectivity index (χ1v) is 5.38. The van der Waals surface area contributed by atoms with Gasteiger partial charge in [-0.15, -0.1) is 5.10 Å². The Morgan fingerprint density at radius 1 is 1.17 bits per heavy atom. The fraction of sp³-hybridized carbons (Fsp3) is 0.273. The molecule has 0 aliphatic carbocycles. The zero-order valence-corrected chi connectivity index (χ0v) is 9.62. The molecule has 2 aromatic rings. The van der Waals surface area contributed by atoms with Crippen molar-refractivity contribution in [2.75, 3.05) is 6.54 Å². The molecule has 0 saturated carbocycles. The van der Waals surface area contributed by atoms with Gasteiger partial charge in [-0.05, 0) is 6.54 Å². The molecule has 1 aromatic carbocycles. The number of aromatic nitrogens is 3. The van der Waals surface area contributed by atoms with Crippen molar-refractivity contribution >= 4 is 0 Å². The topological polar surface area (TPSA) is 42.7 Å². The molecular weight excluding hydrogens is 245 g/mol. The lowest BCUT2D eigenvalue weighted by Gasteiger charge is -2.02. The molecule has 1 heterocycles.